The predicted molar refractivity (Wildman–Crippen MR) is 77.0 cm³/mol. The quantitative estimate of drug-likeness (QED) is 0.797. The number of hydrogen-bond acceptors (Lipinski definition) is 3. The molecule has 0 amide bonds. The third kappa shape index (κ3) is 2.83. The molecule has 0 aliphatic carbocycles. The minimum Gasteiger partial charge on any atom is -0.360 e. The molecule has 0 bridgehead atoms. The van der Waals surface area contributed by atoms with Gasteiger partial charge < -0.3 is 4.90 Å². The van der Waals surface area contributed by atoms with Crippen LogP contribution in [0.3, 0.4) is 0 Å². The minimum atomic E-state index is 0.596. The highest BCUT2D eigenvalue weighted by Crippen LogP contribution is 2.31. The molecule has 1 aliphatic heterocycles. The number of nitrogens with zero attached hydrogens (tertiary/aromatic N) is 3. The monoisotopic (exact) mass is 247 g/mol. The van der Waals surface area contributed by atoms with Crippen molar-refractivity contribution in [2.24, 2.45) is 0 Å². The second-order valence-electron chi connectivity index (χ2n) is 5.16. The summed E-state index contributed by atoms with van der Waals surface area (Å²) in [6, 6.07) is 5.01. The van der Waals surface area contributed by atoms with Crippen molar-refractivity contribution in [2.75, 3.05) is 31.6 Å². The average molecular weight is 247 g/mol. The van der Waals surface area contributed by atoms with Crippen molar-refractivity contribution in [3.05, 3.63) is 23.9 Å². The fourth-order valence-electron chi connectivity index (χ4n) is 2.74. The first-order valence-corrected chi connectivity index (χ1v) is 7.17. The Bertz CT molecular complexity index is 361. The molecule has 1 aromatic rings. The number of pyridine rings is 1. The summed E-state index contributed by atoms with van der Waals surface area (Å²) in [4.78, 5) is 9.35. The second-order valence-corrected chi connectivity index (χ2v) is 5.16. The van der Waals surface area contributed by atoms with Gasteiger partial charge in [-0.3, -0.25) is 4.90 Å². The molecule has 2 heterocycles. The standard InChI is InChI=1S/C15H25N3/c1-4-10-18-11-6-7-14(18)13-8-9-15(16-12-13)17(3)5-2/h8-9,12,14H,4-7,10-11H2,1-3H3/t14-/m0/s1. The average Bonchev–Trinajstić information content (AvgIpc) is 2.87. The van der Waals surface area contributed by atoms with Gasteiger partial charge in [-0.1, -0.05) is 13.0 Å². The summed E-state index contributed by atoms with van der Waals surface area (Å²) in [6.07, 6.45) is 5.91. The molecule has 0 spiro atoms. The van der Waals surface area contributed by atoms with Gasteiger partial charge >= 0.3 is 0 Å². The van der Waals surface area contributed by atoms with Gasteiger partial charge in [-0.25, -0.2) is 4.98 Å². The molecule has 3 nitrogen and oxygen atoms in total. The van der Waals surface area contributed by atoms with Crippen LogP contribution in [0, 0.1) is 0 Å². The van der Waals surface area contributed by atoms with Crippen LogP contribution in [0.2, 0.25) is 0 Å². The SMILES string of the molecule is CCCN1CCC[C@H]1c1ccc(N(C)CC)nc1. The molecule has 1 aliphatic rings. The summed E-state index contributed by atoms with van der Waals surface area (Å²) in [5.74, 6) is 1.07. The van der Waals surface area contributed by atoms with Crippen LogP contribution in [0.15, 0.2) is 18.3 Å². The Morgan fingerprint density at radius 1 is 1.39 bits per heavy atom. The Labute approximate surface area is 111 Å². The number of anilines is 1. The predicted octanol–water partition coefficient (Wildman–Crippen LogP) is 3.08. The van der Waals surface area contributed by atoms with Crippen LogP contribution in [0.1, 0.15) is 44.7 Å². The van der Waals surface area contributed by atoms with Gasteiger partial charge in [0.1, 0.15) is 5.82 Å². The van der Waals surface area contributed by atoms with Gasteiger partial charge in [0.25, 0.3) is 0 Å². The first-order chi connectivity index (χ1) is 8.76. The van der Waals surface area contributed by atoms with E-state index in [2.05, 4.69) is 54.0 Å². The van der Waals surface area contributed by atoms with Gasteiger partial charge in [-0.05, 0) is 50.9 Å². The minimum absolute atomic E-state index is 0.596. The van der Waals surface area contributed by atoms with Gasteiger partial charge in [-0.2, -0.15) is 0 Å². The van der Waals surface area contributed by atoms with Crippen LogP contribution < -0.4 is 4.90 Å². The van der Waals surface area contributed by atoms with Crippen molar-refractivity contribution in [3.8, 4) is 0 Å². The summed E-state index contributed by atoms with van der Waals surface area (Å²) < 4.78 is 0. The van der Waals surface area contributed by atoms with E-state index in [0.29, 0.717) is 6.04 Å². The van der Waals surface area contributed by atoms with Gasteiger partial charge in [0.15, 0.2) is 0 Å². The highest BCUT2D eigenvalue weighted by molar-refractivity contribution is 5.38. The molecule has 1 saturated heterocycles. The molecule has 1 aromatic heterocycles. The van der Waals surface area contributed by atoms with Crippen molar-refractivity contribution in [1.82, 2.24) is 9.88 Å². The van der Waals surface area contributed by atoms with Crippen molar-refractivity contribution >= 4 is 5.82 Å². The first-order valence-electron chi connectivity index (χ1n) is 7.17. The Hall–Kier alpha value is -1.09. The van der Waals surface area contributed by atoms with E-state index < -0.39 is 0 Å². The van der Waals surface area contributed by atoms with Crippen LogP contribution in [-0.4, -0.2) is 36.6 Å². The molecule has 0 aromatic carbocycles. The van der Waals surface area contributed by atoms with E-state index in [1.165, 1.54) is 37.9 Å². The van der Waals surface area contributed by atoms with Crippen LogP contribution >= 0.6 is 0 Å². The van der Waals surface area contributed by atoms with E-state index in [1.807, 2.05) is 0 Å². The Morgan fingerprint density at radius 2 is 2.22 bits per heavy atom. The third-order valence-corrected chi connectivity index (χ3v) is 3.90. The number of hydrogen-bond donors (Lipinski definition) is 0. The van der Waals surface area contributed by atoms with Gasteiger partial charge in [-0.15, -0.1) is 0 Å². The summed E-state index contributed by atoms with van der Waals surface area (Å²) in [5.41, 5.74) is 1.38. The first kappa shape index (κ1) is 13.3. The Kier molecular flexibility index (Phi) is 4.59. The zero-order chi connectivity index (χ0) is 13.0. The summed E-state index contributed by atoms with van der Waals surface area (Å²) in [7, 11) is 2.08. The molecule has 0 saturated carbocycles. The Morgan fingerprint density at radius 3 is 2.83 bits per heavy atom. The highest BCUT2D eigenvalue weighted by atomic mass is 15.2. The lowest BCUT2D eigenvalue weighted by molar-refractivity contribution is 0.257. The van der Waals surface area contributed by atoms with Gasteiger partial charge in [0.05, 0.1) is 0 Å². The highest BCUT2D eigenvalue weighted by Gasteiger charge is 2.25. The maximum absolute atomic E-state index is 4.59. The number of aromatic nitrogens is 1. The third-order valence-electron chi connectivity index (χ3n) is 3.90. The largest absolute Gasteiger partial charge is 0.360 e. The fraction of sp³-hybridized carbons (Fsp3) is 0.667. The molecule has 1 atom stereocenters. The molecular formula is C15H25N3. The van der Waals surface area contributed by atoms with Gasteiger partial charge in [0.2, 0.25) is 0 Å². The molecule has 2 rings (SSSR count). The second kappa shape index (κ2) is 6.19. The van der Waals surface area contributed by atoms with Crippen molar-refractivity contribution in [2.45, 2.75) is 39.2 Å². The van der Waals surface area contributed by atoms with Crippen LogP contribution in [0.4, 0.5) is 5.82 Å². The van der Waals surface area contributed by atoms with Crippen LogP contribution in [-0.2, 0) is 0 Å². The lowest BCUT2D eigenvalue weighted by Gasteiger charge is -2.24. The fourth-order valence-corrected chi connectivity index (χ4v) is 2.74. The molecule has 0 N–H and O–H groups in total. The van der Waals surface area contributed by atoms with Crippen LogP contribution in [0.5, 0.6) is 0 Å². The maximum atomic E-state index is 4.59. The number of likely N-dealkylation sites (tertiary alicyclic amines) is 1. The summed E-state index contributed by atoms with van der Waals surface area (Å²) in [6.45, 7) is 7.86. The lowest BCUT2D eigenvalue weighted by Crippen LogP contribution is -2.24. The van der Waals surface area contributed by atoms with Crippen molar-refractivity contribution in [1.29, 1.82) is 0 Å². The molecule has 0 unspecified atom stereocenters. The topological polar surface area (TPSA) is 19.4 Å². The van der Waals surface area contributed by atoms with Gasteiger partial charge in [0, 0.05) is 25.8 Å². The lowest BCUT2D eigenvalue weighted by atomic mass is 10.1. The van der Waals surface area contributed by atoms with E-state index >= 15 is 0 Å². The molecule has 18 heavy (non-hydrogen) atoms. The van der Waals surface area contributed by atoms with Crippen molar-refractivity contribution < 1.29 is 0 Å². The smallest absolute Gasteiger partial charge is 0.128 e. The molecular weight excluding hydrogens is 222 g/mol. The molecule has 0 radical (unpaired) electrons. The number of rotatable bonds is 5. The van der Waals surface area contributed by atoms with E-state index in [0.717, 1.165) is 12.4 Å². The normalized spacial score (nSPS) is 20.3. The van der Waals surface area contributed by atoms with E-state index in [9.17, 15) is 0 Å². The zero-order valence-corrected chi connectivity index (χ0v) is 11.9. The van der Waals surface area contributed by atoms with Crippen LogP contribution in [0.25, 0.3) is 0 Å². The Balaban J connectivity index is 2.09. The molecule has 3 heteroatoms. The summed E-state index contributed by atoms with van der Waals surface area (Å²) in [5, 5.41) is 0. The maximum Gasteiger partial charge on any atom is 0.128 e. The van der Waals surface area contributed by atoms with E-state index in [4.69, 9.17) is 0 Å². The zero-order valence-electron chi connectivity index (χ0n) is 11.9. The van der Waals surface area contributed by atoms with E-state index in [-0.39, 0.29) is 0 Å². The van der Waals surface area contributed by atoms with Crippen molar-refractivity contribution in [3.63, 3.8) is 0 Å². The summed E-state index contributed by atoms with van der Waals surface area (Å²) >= 11 is 0. The molecule has 100 valence electrons. The van der Waals surface area contributed by atoms with E-state index in [1.54, 1.807) is 0 Å². The molecule has 1 fully saturated rings.